The molecule has 0 saturated carbocycles. The molecule has 4 nitrogen and oxygen atoms in total. The van der Waals surface area contributed by atoms with E-state index in [1.807, 2.05) is 12.2 Å². The fourth-order valence-electron chi connectivity index (χ4n) is 4.29. The van der Waals surface area contributed by atoms with Gasteiger partial charge >= 0.3 is 0 Å². The average molecular weight is 268 g/mol. The molecule has 1 aliphatic carbocycles. The van der Waals surface area contributed by atoms with E-state index in [0.717, 1.165) is 38.7 Å². The Morgan fingerprint density at radius 3 is 2.53 bits per heavy atom. The molecule has 0 unspecified atom stereocenters. The highest BCUT2D eigenvalue weighted by Gasteiger charge is 2.66. The maximum atomic E-state index is 11.2. The van der Waals surface area contributed by atoms with Crippen molar-refractivity contribution in [3.05, 3.63) is 12.2 Å². The van der Waals surface area contributed by atoms with Crippen LogP contribution in [0.1, 0.15) is 44.9 Å². The summed E-state index contributed by atoms with van der Waals surface area (Å²) >= 11 is 0. The van der Waals surface area contributed by atoms with Crippen molar-refractivity contribution in [2.45, 2.75) is 61.7 Å². The van der Waals surface area contributed by atoms with E-state index in [9.17, 15) is 5.11 Å². The van der Waals surface area contributed by atoms with E-state index >= 15 is 0 Å². The SMILES string of the molecule is OCCC[C@@]1(O)C=CC[C@]2(CCCO2)[C@@]12CCCO2. The van der Waals surface area contributed by atoms with E-state index < -0.39 is 11.2 Å². The summed E-state index contributed by atoms with van der Waals surface area (Å²) in [5.74, 6) is 0. The Balaban J connectivity index is 1.98. The van der Waals surface area contributed by atoms with Crippen LogP contribution in [0.5, 0.6) is 0 Å². The van der Waals surface area contributed by atoms with Gasteiger partial charge in [-0.3, -0.25) is 0 Å². The Labute approximate surface area is 114 Å². The topological polar surface area (TPSA) is 58.9 Å². The van der Waals surface area contributed by atoms with Crippen molar-refractivity contribution in [1.82, 2.24) is 0 Å². The fraction of sp³-hybridized carbons (Fsp3) is 0.867. The summed E-state index contributed by atoms with van der Waals surface area (Å²) in [5, 5.41) is 20.3. The molecule has 2 saturated heterocycles. The Kier molecular flexibility index (Phi) is 3.46. The largest absolute Gasteiger partial charge is 0.396 e. The molecular weight excluding hydrogens is 244 g/mol. The molecule has 0 radical (unpaired) electrons. The maximum absolute atomic E-state index is 11.2. The molecule has 4 heteroatoms. The Hall–Kier alpha value is -0.420. The zero-order valence-electron chi connectivity index (χ0n) is 11.4. The van der Waals surface area contributed by atoms with Gasteiger partial charge in [-0.1, -0.05) is 12.2 Å². The van der Waals surface area contributed by atoms with Gasteiger partial charge in [-0.05, 0) is 44.9 Å². The molecule has 0 aromatic rings. The van der Waals surface area contributed by atoms with E-state index in [-0.39, 0.29) is 12.2 Å². The third-order valence-electron chi connectivity index (χ3n) is 5.12. The van der Waals surface area contributed by atoms with Crippen LogP contribution in [0.2, 0.25) is 0 Å². The van der Waals surface area contributed by atoms with Crippen LogP contribution in [0.4, 0.5) is 0 Å². The van der Waals surface area contributed by atoms with E-state index in [1.54, 1.807) is 0 Å². The molecule has 3 rings (SSSR count). The zero-order valence-corrected chi connectivity index (χ0v) is 11.4. The molecule has 3 atom stereocenters. The third kappa shape index (κ3) is 1.81. The smallest absolute Gasteiger partial charge is 0.129 e. The Morgan fingerprint density at radius 2 is 1.89 bits per heavy atom. The second kappa shape index (κ2) is 4.85. The molecule has 0 aromatic carbocycles. The highest BCUT2D eigenvalue weighted by atomic mass is 16.6. The quantitative estimate of drug-likeness (QED) is 0.762. The summed E-state index contributed by atoms with van der Waals surface area (Å²) in [5.41, 5.74) is -1.97. The van der Waals surface area contributed by atoms with E-state index in [1.165, 1.54) is 0 Å². The van der Waals surface area contributed by atoms with Crippen LogP contribution < -0.4 is 0 Å². The van der Waals surface area contributed by atoms with Gasteiger partial charge in [-0.15, -0.1) is 0 Å². The van der Waals surface area contributed by atoms with Crippen LogP contribution in [0, 0.1) is 0 Å². The molecular formula is C15H24O4. The summed E-state index contributed by atoms with van der Waals surface area (Å²) in [7, 11) is 0. The molecule has 19 heavy (non-hydrogen) atoms. The molecule has 0 aromatic heterocycles. The summed E-state index contributed by atoms with van der Waals surface area (Å²) in [6.45, 7) is 1.55. The highest BCUT2D eigenvalue weighted by Crippen LogP contribution is 2.55. The standard InChI is InChI=1S/C15H24O4/c16-10-2-6-13(17)5-1-7-14(8-3-11-18-14)15(13)9-4-12-19-15/h1,5,16-17H,2-4,6-12H2/t13-,14-,15+/m0/s1. The van der Waals surface area contributed by atoms with Crippen LogP contribution in [0.25, 0.3) is 0 Å². The monoisotopic (exact) mass is 268 g/mol. The number of aliphatic hydroxyl groups excluding tert-OH is 1. The summed E-state index contributed by atoms with van der Waals surface area (Å²) in [4.78, 5) is 0. The predicted molar refractivity (Wildman–Crippen MR) is 70.9 cm³/mol. The van der Waals surface area contributed by atoms with Crippen LogP contribution in [0.3, 0.4) is 0 Å². The third-order valence-corrected chi connectivity index (χ3v) is 5.12. The average Bonchev–Trinajstić information content (AvgIpc) is 3.05. The van der Waals surface area contributed by atoms with Gasteiger partial charge in [0.15, 0.2) is 0 Å². The molecule has 0 bridgehead atoms. The zero-order chi connectivity index (χ0) is 13.4. The number of ether oxygens (including phenoxy) is 2. The van der Waals surface area contributed by atoms with Gasteiger partial charge in [0.25, 0.3) is 0 Å². The normalized spacial score (nSPS) is 45.6. The van der Waals surface area contributed by atoms with Crippen LogP contribution >= 0.6 is 0 Å². The van der Waals surface area contributed by atoms with Crippen molar-refractivity contribution in [1.29, 1.82) is 0 Å². The molecule has 108 valence electrons. The van der Waals surface area contributed by atoms with Crippen molar-refractivity contribution in [2.75, 3.05) is 19.8 Å². The second-order valence-electron chi connectivity index (χ2n) is 6.08. The fourth-order valence-corrected chi connectivity index (χ4v) is 4.29. The first-order chi connectivity index (χ1) is 9.18. The lowest BCUT2D eigenvalue weighted by atomic mass is 9.62. The lowest BCUT2D eigenvalue weighted by Gasteiger charge is -2.55. The minimum Gasteiger partial charge on any atom is -0.396 e. The lowest BCUT2D eigenvalue weighted by molar-refractivity contribution is -0.244. The van der Waals surface area contributed by atoms with Gasteiger partial charge in [0, 0.05) is 19.8 Å². The molecule has 2 heterocycles. The van der Waals surface area contributed by atoms with Crippen LogP contribution in [-0.4, -0.2) is 46.8 Å². The van der Waals surface area contributed by atoms with Crippen molar-refractivity contribution in [2.24, 2.45) is 0 Å². The first-order valence-electron chi connectivity index (χ1n) is 7.47. The van der Waals surface area contributed by atoms with E-state index in [4.69, 9.17) is 14.6 Å². The molecule has 2 fully saturated rings. The Bertz CT molecular complexity index is 353. The number of aliphatic hydroxyl groups is 2. The molecule has 2 N–H and O–H groups in total. The van der Waals surface area contributed by atoms with Gasteiger partial charge in [0.05, 0.1) is 0 Å². The number of rotatable bonds is 3. The first kappa shape index (κ1) is 13.6. The molecule has 3 aliphatic rings. The molecule has 0 amide bonds. The number of hydrogen-bond donors (Lipinski definition) is 2. The second-order valence-corrected chi connectivity index (χ2v) is 6.08. The summed E-state index contributed by atoms with van der Waals surface area (Å²) < 4.78 is 12.2. The maximum Gasteiger partial charge on any atom is 0.129 e. The van der Waals surface area contributed by atoms with Gasteiger partial charge in [0.2, 0.25) is 0 Å². The van der Waals surface area contributed by atoms with E-state index in [0.29, 0.717) is 19.4 Å². The van der Waals surface area contributed by atoms with E-state index in [2.05, 4.69) is 0 Å². The van der Waals surface area contributed by atoms with Gasteiger partial charge < -0.3 is 19.7 Å². The molecule has 2 spiro atoms. The lowest BCUT2D eigenvalue weighted by Crippen LogP contribution is -2.68. The van der Waals surface area contributed by atoms with Crippen molar-refractivity contribution in [3.8, 4) is 0 Å². The predicted octanol–water partition coefficient (Wildman–Crippen LogP) is 1.55. The van der Waals surface area contributed by atoms with Crippen LogP contribution in [0.15, 0.2) is 12.2 Å². The Morgan fingerprint density at radius 1 is 1.11 bits per heavy atom. The summed E-state index contributed by atoms with van der Waals surface area (Å²) in [6, 6.07) is 0. The van der Waals surface area contributed by atoms with Gasteiger partial charge in [-0.25, -0.2) is 0 Å². The van der Waals surface area contributed by atoms with Gasteiger partial charge in [-0.2, -0.15) is 0 Å². The number of hydrogen-bond acceptors (Lipinski definition) is 4. The number of fused-ring (bicyclic) bond motifs is 1. The summed E-state index contributed by atoms with van der Waals surface area (Å²) in [6.07, 6.45) is 9.69. The minimum absolute atomic E-state index is 0.0973. The van der Waals surface area contributed by atoms with Crippen molar-refractivity contribution in [3.63, 3.8) is 0 Å². The minimum atomic E-state index is -1.01. The first-order valence-corrected chi connectivity index (χ1v) is 7.47. The van der Waals surface area contributed by atoms with Crippen molar-refractivity contribution < 1.29 is 19.7 Å². The van der Waals surface area contributed by atoms with Crippen LogP contribution in [-0.2, 0) is 9.47 Å². The molecule has 2 aliphatic heterocycles. The van der Waals surface area contributed by atoms with Gasteiger partial charge in [0.1, 0.15) is 16.8 Å². The van der Waals surface area contributed by atoms with Crippen molar-refractivity contribution >= 4 is 0 Å². The highest BCUT2D eigenvalue weighted by molar-refractivity contribution is 5.28.